The van der Waals surface area contributed by atoms with Crippen LogP contribution in [-0.2, 0) is 6.42 Å². The van der Waals surface area contributed by atoms with Crippen LogP contribution in [0.2, 0.25) is 0 Å². The highest BCUT2D eigenvalue weighted by molar-refractivity contribution is 5.53. The molecule has 0 atom stereocenters. The van der Waals surface area contributed by atoms with Gasteiger partial charge in [0.2, 0.25) is 0 Å². The predicted octanol–water partition coefficient (Wildman–Crippen LogP) is 3.11. The molecule has 0 saturated heterocycles. The van der Waals surface area contributed by atoms with E-state index in [4.69, 9.17) is 0 Å². The van der Waals surface area contributed by atoms with Crippen molar-refractivity contribution in [3.8, 4) is 0 Å². The Morgan fingerprint density at radius 1 is 1.08 bits per heavy atom. The van der Waals surface area contributed by atoms with Gasteiger partial charge in [-0.25, -0.2) is 0 Å². The molecule has 0 spiro atoms. The third-order valence-electron chi connectivity index (χ3n) is 2.18. The highest BCUT2D eigenvalue weighted by Gasteiger charge is 1.98. The van der Waals surface area contributed by atoms with Crippen LogP contribution in [0.15, 0.2) is 48.7 Å². The van der Waals surface area contributed by atoms with Gasteiger partial charge in [-0.05, 0) is 30.5 Å². The summed E-state index contributed by atoms with van der Waals surface area (Å²) in [6, 6.07) is 8.44. The summed E-state index contributed by atoms with van der Waals surface area (Å²) in [5.74, 6) is 0. The van der Waals surface area contributed by atoms with Crippen LogP contribution in [0.5, 0.6) is 0 Å². The molecule has 1 heterocycles. The number of hydrogen-bond donors (Lipinski definition) is 1. The lowest BCUT2D eigenvalue weighted by atomic mass is 10.1. The van der Waals surface area contributed by atoms with E-state index in [2.05, 4.69) is 41.7 Å². The van der Waals surface area contributed by atoms with Crippen LogP contribution >= 0.6 is 0 Å². The smallest absolute Gasteiger partial charge is 0.0412 e. The Hall–Kier alpha value is -1.50. The lowest BCUT2D eigenvalue weighted by molar-refractivity contribution is 1.00. The highest BCUT2D eigenvalue weighted by Crippen LogP contribution is 2.17. The van der Waals surface area contributed by atoms with E-state index >= 15 is 0 Å². The molecule has 1 N–H and O–H groups in total. The monoisotopic (exact) mass is 171 g/mol. The maximum Gasteiger partial charge on any atom is 0.0412 e. The number of benzene rings is 1. The molecule has 0 saturated carbocycles. The normalized spacial score (nSPS) is 17.5. The molecule has 1 aromatic rings. The first-order valence-electron chi connectivity index (χ1n) is 4.63. The Bertz CT molecular complexity index is 337. The number of nitrogens with one attached hydrogen (secondary N) is 1. The van der Waals surface area contributed by atoms with Gasteiger partial charge in [0.15, 0.2) is 0 Å². The summed E-state index contributed by atoms with van der Waals surface area (Å²) in [7, 11) is 0. The SMILES string of the molecule is C1=CNc2ccccc2CC/C=C\1. The van der Waals surface area contributed by atoms with Crippen LogP contribution < -0.4 is 5.32 Å². The van der Waals surface area contributed by atoms with Crippen molar-refractivity contribution in [1.82, 2.24) is 0 Å². The minimum atomic E-state index is 1.11. The van der Waals surface area contributed by atoms with Gasteiger partial charge in [0.1, 0.15) is 0 Å². The number of anilines is 1. The van der Waals surface area contributed by atoms with Gasteiger partial charge < -0.3 is 5.32 Å². The second-order valence-corrected chi connectivity index (χ2v) is 3.13. The zero-order valence-corrected chi connectivity index (χ0v) is 7.53. The summed E-state index contributed by atoms with van der Waals surface area (Å²) in [5, 5.41) is 3.27. The maximum atomic E-state index is 3.27. The molecule has 0 amide bonds. The Morgan fingerprint density at radius 2 is 2.00 bits per heavy atom. The molecule has 1 nitrogen and oxygen atoms in total. The van der Waals surface area contributed by atoms with E-state index in [0.29, 0.717) is 0 Å². The molecule has 1 aromatic carbocycles. The van der Waals surface area contributed by atoms with Crippen molar-refractivity contribution in [3.05, 3.63) is 54.3 Å². The van der Waals surface area contributed by atoms with Crippen molar-refractivity contribution in [2.45, 2.75) is 12.8 Å². The summed E-state index contributed by atoms with van der Waals surface area (Å²) < 4.78 is 0. The highest BCUT2D eigenvalue weighted by atomic mass is 14.8. The topological polar surface area (TPSA) is 12.0 Å². The summed E-state index contributed by atoms with van der Waals surface area (Å²) in [6.07, 6.45) is 10.5. The van der Waals surface area contributed by atoms with E-state index in [1.165, 1.54) is 11.3 Å². The molecule has 0 bridgehead atoms. The maximum absolute atomic E-state index is 3.27. The zero-order valence-electron chi connectivity index (χ0n) is 7.53. The summed E-state index contributed by atoms with van der Waals surface area (Å²) in [4.78, 5) is 0. The van der Waals surface area contributed by atoms with E-state index in [1.807, 2.05) is 12.3 Å². The van der Waals surface area contributed by atoms with Crippen molar-refractivity contribution in [3.63, 3.8) is 0 Å². The molecule has 1 heteroatoms. The van der Waals surface area contributed by atoms with Gasteiger partial charge in [-0.2, -0.15) is 0 Å². The fourth-order valence-electron chi connectivity index (χ4n) is 1.49. The quantitative estimate of drug-likeness (QED) is 0.632. The van der Waals surface area contributed by atoms with Crippen molar-refractivity contribution >= 4 is 5.69 Å². The number of para-hydroxylation sites is 1. The van der Waals surface area contributed by atoms with Gasteiger partial charge in [-0.3, -0.25) is 0 Å². The second-order valence-electron chi connectivity index (χ2n) is 3.13. The molecular weight excluding hydrogens is 158 g/mol. The lowest BCUT2D eigenvalue weighted by Crippen LogP contribution is -1.93. The molecule has 0 radical (unpaired) electrons. The summed E-state index contributed by atoms with van der Waals surface area (Å²) in [5.41, 5.74) is 2.61. The number of allylic oxidation sites excluding steroid dienone is 3. The Morgan fingerprint density at radius 3 is 3.00 bits per heavy atom. The van der Waals surface area contributed by atoms with Crippen molar-refractivity contribution in [2.75, 3.05) is 5.32 Å². The van der Waals surface area contributed by atoms with Gasteiger partial charge in [0, 0.05) is 11.9 Å². The molecule has 13 heavy (non-hydrogen) atoms. The van der Waals surface area contributed by atoms with Crippen molar-refractivity contribution in [2.24, 2.45) is 0 Å². The molecule has 0 unspecified atom stereocenters. The standard InChI is InChI=1S/C12H13N/c1-2-6-10-13-12-9-5-4-8-11(12)7-3-1/h1-2,4-6,8-10,13H,3,7H2/b2-1-,10-6?. The number of aryl methyl sites for hydroxylation is 1. The third-order valence-corrected chi connectivity index (χ3v) is 2.18. The van der Waals surface area contributed by atoms with E-state index in [9.17, 15) is 0 Å². The van der Waals surface area contributed by atoms with E-state index in [0.717, 1.165) is 12.8 Å². The average molecular weight is 171 g/mol. The fraction of sp³-hybridized carbons (Fsp3) is 0.167. The third kappa shape index (κ3) is 2.00. The molecule has 2 rings (SSSR count). The van der Waals surface area contributed by atoms with Crippen LogP contribution in [0.3, 0.4) is 0 Å². The van der Waals surface area contributed by atoms with Crippen molar-refractivity contribution in [1.29, 1.82) is 0 Å². The molecular formula is C12H13N. The Labute approximate surface area is 78.8 Å². The zero-order chi connectivity index (χ0) is 8.93. The van der Waals surface area contributed by atoms with Crippen molar-refractivity contribution < 1.29 is 0 Å². The van der Waals surface area contributed by atoms with Gasteiger partial charge in [0.05, 0.1) is 0 Å². The number of hydrogen-bond acceptors (Lipinski definition) is 1. The van der Waals surface area contributed by atoms with Crippen LogP contribution in [-0.4, -0.2) is 0 Å². The summed E-state index contributed by atoms with van der Waals surface area (Å²) >= 11 is 0. The molecule has 1 aliphatic rings. The number of rotatable bonds is 0. The molecule has 0 aliphatic carbocycles. The van der Waals surface area contributed by atoms with Crippen LogP contribution in [0.1, 0.15) is 12.0 Å². The van der Waals surface area contributed by atoms with Crippen LogP contribution in [0.25, 0.3) is 0 Å². The second kappa shape index (κ2) is 3.94. The largest absolute Gasteiger partial charge is 0.361 e. The van der Waals surface area contributed by atoms with E-state index < -0.39 is 0 Å². The summed E-state index contributed by atoms with van der Waals surface area (Å²) in [6.45, 7) is 0. The average Bonchev–Trinajstić information content (AvgIpc) is 2.28. The minimum absolute atomic E-state index is 1.11. The van der Waals surface area contributed by atoms with E-state index in [-0.39, 0.29) is 0 Å². The number of fused-ring (bicyclic) bond motifs is 1. The first kappa shape index (κ1) is 8.11. The predicted molar refractivity (Wildman–Crippen MR) is 56.7 cm³/mol. The molecule has 1 aliphatic heterocycles. The first-order valence-corrected chi connectivity index (χ1v) is 4.63. The van der Waals surface area contributed by atoms with Gasteiger partial charge >= 0.3 is 0 Å². The van der Waals surface area contributed by atoms with Gasteiger partial charge in [0.25, 0.3) is 0 Å². The van der Waals surface area contributed by atoms with Crippen LogP contribution in [0.4, 0.5) is 5.69 Å². The fourth-order valence-corrected chi connectivity index (χ4v) is 1.49. The first-order chi connectivity index (χ1) is 6.47. The molecule has 66 valence electrons. The van der Waals surface area contributed by atoms with Crippen LogP contribution in [0, 0.1) is 0 Å². The minimum Gasteiger partial charge on any atom is -0.361 e. The van der Waals surface area contributed by atoms with E-state index in [1.54, 1.807) is 0 Å². The Kier molecular flexibility index (Phi) is 2.46. The Balaban J connectivity index is 2.31. The molecule has 0 fully saturated rings. The lowest BCUT2D eigenvalue weighted by Gasteiger charge is -2.06. The molecule has 0 aromatic heterocycles. The van der Waals surface area contributed by atoms with Gasteiger partial charge in [-0.1, -0.05) is 30.4 Å². The van der Waals surface area contributed by atoms with Gasteiger partial charge in [-0.15, -0.1) is 0 Å².